The highest BCUT2D eigenvalue weighted by molar-refractivity contribution is 5.68. The zero-order chi connectivity index (χ0) is 9.36. The maximum Gasteiger partial charge on any atom is 0.342 e. The van der Waals surface area contributed by atoms with Crippen LogP contribution >= 0.6 is 0 Å². The van der Waals surface area contributed by atoms with E-state index in [0.29, 0.717) is 13.0 Å². The van der Waals surface area contributed by atoms with E-state index >= 15 is 0 Å². The van der Waals surface area contributed by atoms with Gasteiger partial charge in [0.2, 0.25) is 0 Å². The van der Waals surface area contributed by atoms with Gasteiger partial charge in [-0.15, -0.1) is 0 Å². The number of hydrogen-bond donors (Lipinski definition) is 0. The number of hydrogen-bond acceptors (Lipinski definition) is 3. The topological polar surface area (TPSA) is 35.5 Å². The van der Waals surface area contributed by atoms with Crippen molar-refractivity contribution in [2.24, 2.45) is 0 Å². The first-order valence-corrected chi connectivity index (χ1v) is 5.22. The van der Waals surface area contributed by atoms with Crippen molar-refractivity contribution >= 4 is 5.97 Å². The van der Waals surface area contributed by atoms with E-state index < -0.39 is 0 Å². The van der Waals surface area contributed by atoms with E-state index in [1.165, 1.54) is 25.7 Å². The summed E-state index contributed by atoms with van der Waals surface area (Å²) in [5.74, 6) is -0.222. The van der Waals surface area contributed by atoms with Crippen molar-refractivity contribution in [3.63, 3.8) is 0 Å². The van der Waals surface area contributed by atoms with Crippen molar-refractivity contribution in [2.45, 2.75) is 51.4 Å². The highest BCUT2D eigenvalue weighted by Crippen LogP contribution is 2.10. The Hall–Kier alpha value is -0.570. The predicted octanol–water partition coefficient (Wildman–Crippen LogP) is 2.60. The molecule has 3 nitrogen and oxygen atoms in total. The molecule has 3 heteroatoms. The molecule has 1 saturated heterocycles. The van der Waals surface area contributed by atoms with E-state index in [-0.39, 0.29) is 5.97 Å². The minimum absolute atomic E-state index is 0.222. The molecule has 1 aliphatic heterocycles. The molecule has 0 bridgehead atoms. The van der Waals surface area contributed by atoms with Crippen LogP contribution in [0.1, 0.15) is 51.4 Å². The van der Waals surface area contributed by atoms with E-state index in [2.05, 4.69) is 4.89 Å². The Balaban J connectivity index is 2.14. The monoisotopic (exact) mass is 186 g/mol. The molecule has 76 valence electrons. The maximum absolute atomic E-state index is 11.0. The third-order valence-corrected chi connectivity index (χ3v) is 2.26. The second-order valence-corrected chi connectivity index (χ2v) is 3.50. The van der Waals surface area contributed by atoms with Gasteiger partial charge in [0.05, 0.1) is 6.61 Å². The lowest BCUT2D eigenvalue weighted by molar-refractivity contribution is -0.272. The lowest BCUT2D eigenvalue weighted by atomic mass is 10.1. The fourth-order valence-electron chi connectivity index (χ4n) is 1.46. The van der Waals surface area contributed by atoms with E-state index in [0.717, 1.165) is 19.3 Å². The Kier molecular flexibility index (Phi) is 5.57. The van der Waals surface area contributed by atoms with Crippen LogP contribution in [-0.4, -0.2) is 12.6 Å². The summed E-state index contributed by atoms with van der Waals surface area (Å²) in [6.07, 6.45) is 8.54. The molecule has 0 N–H and O–H groups in total. The van der Waals surface area contributed by atoms with E-state index in [9.17, 15) is 4.79 Å². The van der Waals surface area contributed by atoms with Crippen LogP contribution in [-0.2, 0) is 14.6 Å². The molecule has 0 aromatic rings. The molecule has 0 spiro atoms. The van der Waals surface area contributed by atoms with Crippen molar-refractivity contribution in [2.75, 3.05) is 6.61 Å². The first kappa shape index (κ1) is 10.5. The summed E-state index contributed by atoms with van der Waals surface area (Å²) in [7, 11) is 0. The largest absolute Gasteiger partial charge is 0.342 e. The van der Waals surface area contributed by atoms with Crippen LogP contribution in [0.25, 0.3) is 0 Å². The van der Waals surface area contributed by atoms with Crippen LogP contribution in [0.3, 0.4) is 0 Å². The Morgan fingerprint density at radius 3 is 2.23 bits per heavy atom. The molecule has 1 fully saturated rings. The molecule has 0 aromatic carbocycles. The third kappa shape index (κ3) is 5.64. The molecule has 13 heavy (non-hydrogen) atoms. The smallest absolute Gasteiger partial charge is 0.298 e. The number of rotatable bonds is 0. The lowest BCUT2D eigenvalue weighted by Gasteiger charge is -2.06. The van der Waals surface area contributed by atoms with Crippen LogP contribution in [0.2, 0.25) is 0 Å². The Morgan fingerprint density at radius 2 is 1.46 bits per heavy atom. The van der Waals surface area contributed by atoms with Crippen molar-refractivity contribution in [3.8, 4) is 0 Å². The number of carbonyl (C=O) groups is 1. The van der Waals surface area contributed by atoms with Gasteiger partial charge >= 0.3 is 5.97 Å². The van der Waals surface area contributed by atoms with Crippen molar-refractivity contribution < 1.29 is 14.6 Å². The average molecular weight is 186 g/mol. The van der Waals surface area contributed by atoms with Gasteiger partial charge in [0.25, 0.3) is 0 Å². The lowest BCUT2D eigenvalue weighted by Crippen LogP contribution is -2.06. The molecule has 1 aliphatic rings. The number of carbonyl (C=O) groups excluding carboxylic acids is 1. The molecule has 0 amide bonds. The average Bonchev–Trinajstić information content (AvgIpc) is 2.11. The van der Waals surface area contributed by atoms with Crippen LogP contribution in [0.15, 0.2) is 0 Å². The molecule has 0 radical (unpaired) electrons. The first-order valence-electron chi connectivity index (χ1n) is 5.22. The molecule has 1 rings (SSSR count). The van der Waals surface area contributed by atoms with Crippen molar-refractivity contribution in [1.29, 1.82) is 0 Å². The summed E-state index contributed by atoms with van der Waals surface area (Å²) in [5.41, 5.74) is 0. The van der Waals surface area contributed by atoms with Gasteiger partial charge in [0.15, 0.2) is 0 Å². The third-order valence-electron chi connectivity index (χ3n) is 2.26. The van der Waals surface area contributed by atoms with Gasteiger partial charge in [0.1, 0.15) is 0 Å². The molecule has 0 unspecified atom stereocenters. The van der Waals surface area contributed by atoms with Gasteiger partial charge in [-0.25, -0.2) is 4.79 Å². The normalized spacial score (nSPS) is 22.6. The van der Waals surface area contributed by atoms with Crippen LogP contribution < -0.4 is 0 Å². The Morgan fingerprint density at radius 1 is 0.846 bits per heavy atom. The standard InChI is InChI=1S/C10H18O3/c11-10-8-6-4-2-1-3-5-7-9-12-13-10/h1-9H2. The Bertz CT molecular complexity index is 131. The highest BCUT2D eigenvalue weighted by Gasteiger charge is 2.04. The zero-order valence-electron chi connectivity index (χ0n) is 8.09. The molecular weight excluding hydrogens is 168 g/mol. The molecule has 1 heterocycles. The zero-order valence-corrected chi connectivity index (χ0v) is 8.09. The van der Waals surface area contributed by atoms with Gasteiger partial charge < -0.3 is 0 Å². The summed E-state index contributed by atoms with van der Waals surface area (Å²) in [6.45, 7) is 0.547. The van der Waals surface area contributed by atoms with Gasteiger partial charge in [0, 0.05) is 6.42 Å². The molecule has 0 aromatic heterocycles. The van der Waals surface area contributed by atoms with Gasteiger partial charge in [-0.2, -0.15) is 4.89 Å². The van der Waals surface area contributed by atoms with Gasteiger partial charge in [-0.3, -0.25) is 4.89 Å². The van der Waals surface area contributed by atoms with Gasteiger partial charge in [-0.05, 0) is 12.8 Å². The first-order chi connectivity index (χ1) is 6.39. The molecule has 0 atom stereocenters. The second kappa shape index (κ2) is 6.89. The molecular formula is C10H18O3. The highest BCUT2D eigenvalue weighted by atomic mass is 17.2. The summed E-state index contributed by atoms with van der Waals surface area (Å²) in [5, 5.41) is 0. The quantitative estimate of drug-likeness (QED) is 0.545. The van der Waals surface area contributed by atoms with Crippen LogP contribution in [0, 0.1) is 0 Å². The molecule has 0 aliphatic carbocycles. The fraction of sp³-hybridized carbons (Fsp3) is 0.900. The summed E-state index contributed by atoms with van der Waals surface area (Å²) in [4.78, 5) is 20.3. The summed E-state index contributed by atoms with van der Waals surface area (Å²) < 4.78 is 0. The molecule has 0 saturated carbocycles. The van der Waals surface area contributed by atoms with E-state index in [4.69, 9.17) is 4.89 Å². The minimum Gasteiger partial charge on any atom is -0.298 e. The van der Waals surface area contributed by atoms with Crippen molar-refractivity contribution in [3.05, 3.63) is 0 Å². The summed E-state index contributed by atoms with van der Waals surface area (Å²) in [6, 6.07) is 0. The Labute approximate surface area is 79.3 Å². The van der Waals surface area contributed by atoms with Crippen LogP contribution in [0.5, 0.6) is 0 Å². The van der Waals surface area contributed by atoms with E-state index in [1.807, 2.05) is 0 Å². The fourth-order valence-corrected chi connectivity index (χ4v) is 1.46. The second-order valence-electron chi connectivity index (χ2n) is 3.50. The minimum atomic E-state index is -0.222. The van der Waals surface area contributed by atoms with E-state index in [1.54, 1.807) is 0 Å². The van der Waals surface area contributed by atoms with Crippen molar-refractivity contribution in [1.82, 2.24) is 0 Å². The van der Waals surface area contributed by atoms with Crippen LogP contribution in [0.4, 0.5) is 0 Å². The predicted molar refractivity (Wildman–Crippen MR) is 49.0 cm³/mol. The maximum atomic E-state index is 11.0. The van der Waals surface area contributed by atoms with Gasteiger partial charge in [-0.1, -0.05) is 32.1 Å². The summed E-state index contributed by atoms with van der Waals surface area (Å²) >= 11 is 0. The SMILES string of the molecule is O=C1CCCCCCCCCOO1.